The largest absolute Gasteiger partial charge is 0.313 e. The van der Waals surface area contributed by atoms with Gasteiger partial charge in [-0.05, 0) is 30.7 Å². The first-order valence-electron chi connectivity index (χ1n) is 6.06. The van der Waals surface area contributed by atoms with Crippen molar-refractivity contribution < 1.29 is 0 Å². The minimum atomic E-state index is 0.784. The van der Waals surface area contributed by atoms with Crippen molar-refractivity contribution in [3.63, 3.8) is 0 Å². The van der Waals surface area contributed by atoms with Gasteiger partial charge in [0.2, 0.25) is 0 Å². The van der Waals surface area contributed by atoms with Gasteiger partial charge in [-0.15, -0.1) is 5.10 Å². The molecule has 0 saturated heterocycles. The van der Waals surface area contributed by atoms with Gasteiger partial charge in [0, 0.05) is 24.2 Å². The molecule has 0 radical (unpaired) electrons. The Labute approximate surface area is 112 Å². The molecule has 18 heavy (non-hydrogen) atoms. The molecule has 5 heteroatoms. The zero-order valence-corrected chi connectivity index (χ0v) is 11.4. The number of halogens is 1. The summed E-state index contributed by atoms with van der Waals surface area (Å²) in [6.07, 6.45) is 2.87. The van der Waals surface area contributed by atoms with Crippen molar-refractivity contribution in [3.8, 4) is 11.3 Å². The van der Waals surface area contributed by atoms with Gasteiger partial charge in [-0.1, -0.05) is 29.8 Å². The lowest BCUT2D eigenvalue weighted by Crippen LogP contribution is -2.14. The van der Waals surface area contributed by atoms with Crippen LogP contribution in [0, 0.1) is 0 Å². The summed E-state index contributed by atoms with van der Waals surface area (Å²) < 4.78 is 1.76. The molecule has 1 aromatic heterocycles. The summed E-state index contributed by atoms with van der Waals surface area (Å²) in [4.78, 5) is 0. The van der Waals surface area contributed by atoms with E-state index in [4.69, 9.17) is 11.6 Å². The Bertz CT molecular complexity index is 521. The van der Waals surface area contributed by atoms with Crippen LogP contribution >= 0.6 is 11.6 Å². The van der Waals surface area contributed by atoms with Gasteiger partial charge in [-0.25, -0.2) is 4.68 Å². The van der Waals surface area contributed by atoms with Gasteiger partial charge in [-0.3, -0.25) is 0 Å². The Morgan fingerprint density at radius 1 is 1.39 bits per heavy atom. The highest BCUT2D eigenvalue weighted by Crippen LogP contribution is 2.24. The first-order valence-corrected chi connectivity index (χ1v) is 6.44. The summed E-state index contributed by atoms with van der Waals surface area (Å²) in [5.74, 6) is 0. The van der Waals surface area contributed by atoms with Crippen LogP contribution < -0.4 is 5.32 Å². The lowest BCUT2D eigenvalue weighted by Gasteiger charge is -2.08. The molecule has 0 saturated carbocycles. The van der Waals surface area contributed by atoms with Crippen LogP contribution in [0.3, 0.4) is 0 Å². The van der Waals surface area contributed by atoms with E-state index in [1.807, 2.05) is 19.2 Å². The average molecular weight is 265 g/mol. The highest BCUT2D eigenvalue weighted by Gasteiger charge is 2.07. The van der Waals surface area contributed by atoms with E-state index in [9.17, 15) is 0 Å². The third-order valence-corrected chi connectivity index (χ3v) is 3.17. The quantitative estimate of drug-likeness (QED) is 0.845. The Morgan fingerprint density at radius 2 is 2.22 bits per heavy atom. The van der Waals surface area contributed by atoms with Gasteiger partial charge in [0.05, 0.1) is 11.9 Å². The van der Waals surface area contributed by atoms with Crippen LogP contribution in [0.5, 0.6) is 0 Å². The first kappa shape index (κ1) is 13.1. The Kier molecular flexibility index (Phi) is 4.33. The molecule has 0 unspecified atom stereocenters. The second-order valence-electron chi connectivity index (χ2n) is 4.23. The molecular weight excluding hydrogens is 248 g/mol. The number of aromatic nitrogens is 3. The fourth-order valence-electron chi connectivity index (χ4n) is 1.82. The number of rotatable bonds is 5. The normalized spacial score (nSPS) is 10.8. The van der Waals surface area contributed by atoms with Crippen molar-refractivity contribution in [2.45, 2.75) is 19.9 Å². The number of nitrogens with zero attached hydrogens (tertiary/aromatic N) is 3. The minimum Gasteiger partial charge on any atom is -0.313 e. The lowest BCUT2D eigenvalue weighted by molar-refractivity contribution is 0.675. The van der Waals surface area contributed by atoms with E-state index in [-0.39, 0.29) is 0 Å². The molecule has 0 bridgehead atoms. The van der Waals surface area contributed by atoms with Gasteiger partial charge in [-0.2, -0.15) is 0 Å². The van der Waals surface area contributed by atoms with E-state index < -0.39 is 0 Å². The summed E-state index contributed by atoms with van der Waals surface area (Å²) in [5, 5.41) is 12.0. The van der Waals surface area contributed by atoms with Crippen LogP contribution in [0.2, 0.25) is 5.02 Å². The SMILES string of the molecule is CCCNCc1cc(-c2cnnn2C)ccc1Cl. The van der Waals surface area contributed by atoms with Crippen molar-refractivity contribution >= 4 is 11.6 Å². The van der Waals surface area contributed by atoms with Gasteiger partial charge < -0.3 is 5.32 Å². The second kappa shape index (κ2) is 5.98. The minimum absolute atomic E-state index is 0.784. The average Bonchev–Trinajstić information content (AvgIpc) is 2.78. The van der Waals surface area contributed by atoms with E-state index in [1.165, 1.54) is 0 Å². The molecule has 0 fully saturated rings. The molecule has 2 aromatic rings. The molecule has 1 N–H and O–H groups in total. The van der Waals surface area contributed by atoms with Gasteiger partial charge in [0.15, 0.2) is 0 Å². The Balaban J connectivity index is 2.23. The molecule has 0 aliphatic rings. The highest BCUT2D eigenvalue weighted by molar-refractivity contribution is 6.31. The number of hydrogen-bond donors (Lipinski definition) is 1. The van der Waals surface area contributed by atoms with Crippen LogP contribution in [-0.4, -0.2) is 21.5 Å². The maximum Gasteiger partial charge on any atom is 0.0882 e. The summed E-state index contributed by atoms with van der Waals surface area (Å²) in [7, 11) is 1.88. The van der Waals surface area contributed by atoms with Crippen molar-refractivity contribution in [2.24, 2.45) is 7.05 Å². The van der Waals surface area contributed by atoms with Crippen molar-refractivity contribution in [3.05, 3.63) is 35.0 Å². The molecule has 2 rings (SSSR count). The van der Waals surface area contributed by atoms with Crippen LogP contribution in [0.1, 0.15) is 18.9 Å². The fraction of sp³-hybridized carbons (Fsp3) is 0.385. The molecule has 0 atom stereocenters. The van der Waals surface area contributed by atoms with E-state index >= 15 is 0 Å². The van der Waals surface area contributed by atoms with E-state index in [1.54, 1.807) is 10.9 Å². The van der Waals surface area contributed by atoms with Gasteiger partial charge in [0.1, 0.15) is 0 Å². The van der Waals surface area contributed by atoms with E-state index in [0.717, 1.165) is 41.4 Å². The number of hydrogen-bond acceptors (Lipinski definition) is 3. The summed E-state index contributed by atoms with van der Waals surface area (Å²) in [6, 6.07) is 6.00. The maximum absolute atomic E-state index is 6.20. The van der Waals surface area contributed by atoms with Gasteiger partial charge >= 0.3 is 0 Å². The molecule has 0 aliphatic carbocycles. The summed E-state index contributed by atoms with van der Waals surface area (Å²) in [6.45, 7) is 3.92. The number of benzene rings is 1. The lowest BCUT2D eigenvalue weighted by atomic mass is 10.1. The van der Waals surface area contributed by atoms with Crippen molar-refractivity contribution in [1.29, 1.82) is 0 Å². The zero-order valence-electron chi connectivity index (χ0n) is 10.7. The molecule has 0 amide bonds. The van der Waals surface area contributed by atoms with Crippen molar-refractivity contribution in [1.82, 2.24) is 20.3 Å². The van der Waals surface area contributed by atoms with E-state index in [0.29, 0.717) is 0 Å². The summed E-state index contributed by atoms with van der Waals surface area (Å²) >= 11 is 6.20. The third kappa shape index (κ3) is 2.89. The maximum atomic E-state index is 6.20. The fourth-order valence-corrected chi connectivity index (χ4v) is 2.00. The van der Waals surface area contributed by atoms with Crippen LogP contribution in [0.15, 0.2) is 24.4 Å². The van der Waals surface area contributed by atoms with Crippen LogP contribution in [-0.2, 0) is 13.6 Å². The highest BCUT2D eigenvalue weighted by atomic mass is 35.5. The zero-order chi connectivity index (χ0) is 13.0. The van der Waals surface area contributed by atoms with Crippen LogP contribution in [0.4, 0.5) is 0 Å². The van der Waals surface area contributed by atoms with Crippen LogP contribution in [0.25, 0.3) is 11.3 Å². The predicted octanol–water partition coefficient (Wildman–Crippen LogP) is 2.64. The van der Waals surface area contributed by atoms with Crippen molar-refractivity contribution in [2.75, 3.05) is 6.54 Å². The predicted molar refractivity (Wildman–Crippen MR) is 73.4 cm³/mol. The molecule has 4 nitrogen and oxygen atoms in total. The second-order valence-corrected chi connectivity index (χ2v) is 4.63. The Morgan fingerprint density at radius 3 is 2.89 bits per heavy atom. The third-order valence-electron chi connectivity index (χ3n) is 2.80. The molecule has 96 valence electrons. The monoisotopic (exact) mass is 264 g/mol. The number of nitrogens with one attached hydrogen (secondary N) is 1. The smallest absolute Gasteiger partial charge is 0.0882 e. The topological polar surface area (TPSA) is 42.7 Å². The number of aryl methyl sites for hydroxylation is 1. The standard InChI is InChI=1S/C13H17ClN4/c1-3-6-15-8-11-7-10(4-5-12(11)14)13-9-16-17-18(13)2/h4-5,7,9,15H,3,6,8H2,1-2H3. The molecule has 0 spiro atoms. The molecule has 1 heterocycles. The molecule has 0 aliphatic heterocycles. The Hall–Kier alpha value is -1.39. The molecular formula is C13H17ClN4. The summed E-state index contributed by atoms with van der Waals surface area (Å²) in [5.41, 5.74) is 3.17. The molecule has 1 aromatic carbocycles. The first-order chi connectivity index (χ1) is 8.72. The van der Waals surface area contributed by atoms with Gasteiger partial charge in [0.25, 0.3) is 0 Å². The van der Waals surface area contributed by atoms with E-state index in [2.05, 4.69) is 28.6 Å².